The quantitative estimate of drug-likeness (QED) is 0.823. The van der Waals surface area contributed by atoms with Crippen LogP contribution in [0, 0.1) is 0 Å². The maximum absolute atomic E-state index is 4.28. The Kier molecular flexibility index (Phi) is 3.91. The molecule has 88 valence electrons. The Morgan fingerprint density at radius 2 is 2.06 bits per heavy atom. The summed E-state index contributed by atoms with van der Waals surface area (Å²) in [5.41, 5.74) is 2.17. The zero-order valence-electron chi connectivity index (χ0n) is 9.85. The second-order valence-corrected chi connectivity index (χ2v) is 3.68. The van der Waals surface area contributed by atoms with E-state index in [1.807, 2.05) is 43.6 Å². The fraction of sp³-hybridized carbons (Fsp3) is 0.231. The molecule has 2 aromatic rings. The molecule has 0 aliphatic carbocycles. The Hall–Kier alpha value is -2.10. The molecule has 0 aliphatic heterocycles. The standard InChI is InChI=1S/C13H16N4/c1-14-13-10-12(6-9-17-13)16-8-5-11-4-2-3-7-15-11/h2-4,6-7,9-10H,5,8H2,1H3,(H2,14,16,17). The number of nitrogens with one attached hydrogen (secondary N) is 2. The van der Waals surface area contributed by atoms with Crippen LogP contribution in [0.15, 0.2) is 42.7 Å². The van der Waals surface area contributed by atoms with Gasteiger partial charge in [0.15, 0.2) is 0 Å². The van der Waals surface area contributed by atoms with Crippen LogP contribution in [0.2, 0.25) is 0 Å². The lowest BCUT2D eigenvalue weighted by atomic mass is 10.2. The molecule has 4 heteroatoms. The van der Waals surface area contributed by atoms with Crippen molar-refractivity contribution in [2.45, 2.75) is 6.42 Å². The lowest BCUT2D eigenvalue weighted by molar-refractivity contribution is 0.961. The van der Waals surface area contributed by atoms with Gasteiger partial charge in [-0.25, -0.2) is 4.98 Å². The van der Waals surface area contributed by atoms with Gasteiger partial charge in [0.25, 0.3) is 0 Å². The van der Waals surface area contributed by atoms with Crippen LogP contribution in [-0.2, 0) is 6.42 Å². The summed E-state index contributed by atoms with van der Waals surface area (Å²) in [6.07, 6.45) is 4.52. The first kappa shape index (κ1) is 11.4. The molecular weight excluding hydrogens is 212 g/mol. The maximum atomic E-state index is 4.28. The summed E-state index contributed by atoms with van der Waals surface area (Å²) in [7, 11) is 1.86. The molecule has 0 aromatic carbocycles. The molecule has 0 spiro atoms. The summed E-state index contributed by atoms with van der Waals surface area (Å²) in [6.45, 7) is 0.865. The van der Waals surface area contributed by atoms with Crippen LogP contribution in [0.1, 0.15) is 5.69 Å². The van der Waals surface area contributed by atoms with E-state index in [4.69, 9.17) is 0 Å². The Morgan fingerprint density at radius 3 is 2.82 bits per heavy atom. The van der Waals surface area contributed by atoms with Gasteiger partial charge in [-0.05, 0) is 18.2 Å². The average molecular weight is 228 g/mol. The largest absolute Gasteiger partial charge is 0.385 e. The molecule has 2 rings (SSSR count). The molecule has 0 bridgehead atoms. The SMILES string of the molecule is CNc1cc(NCCc2ccccn2)ccn1. The summed E-state index contributed by atoms with van der Waals surface area (Å²) < 4.78 is 0. The second kappa shape index (κ2) is 5.84. The van der Waals surface area contributed by atoms with Crippen LogP contribution in [0.25, 0.3) is 0 Å². The van der Waals surface area contributed by atoms with Crippen molar-refractivity contribution in [2.75, 3.05) is 24.2 Å². The minimum atomic E-state index is 0.865. The van der Waals surface area contributed by atoms with Crippen molar-refractivity contribution >= 4 is 11.5 Å². The van der Waals surface area contributed by atoms with Crippen molar-refractivity contribution in [3.63, 3.8) is 0 Å². The Morgan fingerprint density at radius 1 is 1.12 bits per heavy atom. The van der Waals surface area contributed by atoms with Crippen molar-refractivity contribution in [2.24, 2.45) is 0 Å². The lowest BCUT2D eigenvalue weighted by Gasteiger charge is -2.07. The topological polar surface area (TPSA) is 49.8 Å². The van der Waals surface area contributed by atoms with E-state index in [0.717, 1.165) is 30.2 Å². The van der Waals surface area contributed by atoms with Gasteiger partial charge in [0.1, 0.15) is 5.82 Å². The third-order valence-corrected chi connectivity index (χ3v) is 2.45. The number of rotatable bonds is 5. The monoisotopic (exact) mass is 228 g/mol. The van der Waals surface area contributed by atoms with Gasteiger partial charge in [0, 0.05) is 49.9 Å². The highest BCUT2D eigenvalue weighted by Crippen LogP contribution is 2.10. The van der Waals surface area contributed by atoms with E-state index >= 15 is 0 Å². The van der Waals surface area contributed by atoms with Gasteiger partial charge in [0.2, 0.25) is 0 Å². The van der Waals surface area contributed by atoms with Gasteiger partial charge in [-0.1, -0.05) is 6.07 Å². The number of anilines is 2. The van der Waals surface area contributed by atoms with Crippen LogP contribution in [0.5, 0.6) is 0 Å². The molecule has 2 aromatic heterocycles. The van der Waals surface area contributed by atoms with E-state index in [1.165, 1.54) is 0 Å². The van der Waals surface area contributed by atoms with Gasteiger partial charge in [-0.15, -0.1) is 0 Å². The molecule has 0 aliphatic rings. The van der Waals surface area contributed by atoms with Crippen molar-refractivity contribution in [3.8, 4) is 0 Å². The normalized spacial score (nSPS) is 9.94. The fourth-order valence-electron chi connectivity index (χ4n) is 1.56. The van der Waals surface area contributed by atoms with Crippen LogP contribution in [-0.4, -0.2) is 23.6 Å². The Bertz CT molecular complexity index is 456. The third-order valence-electron chi connectivity index (χ3n) is 2.45. The molecule has 17 heavy (non-hydrogen) atoms. The van der Waals surface area contributed by atoms with E-state index in [1.54, 1.807) is 6.20 Å². The molecule has 0 amide bonds. The van der Waals surface area contributed by atoms with E-state index in [-0.39, 0.29) is 0 Å². The molecule has 2 N–H and O–H groups in total. The van der Waals surface area contributed by atoms with Gasteiger partial charge in [-0.3, -0.25) is 4.98 Å². The predicted octanol–water partition coefficient (Wildman–Crippen LogP) is 2.17. The van der Waals surface area contributed by atoms with E-state index in [9.17, 15) is 0 Å². The highest BCUT2D eigenvalue weighted by Gasteiger charge is 1.96. The van der Waals surface area contributed by atoms with E-state index < -0.39 is 0 Å². The van der Waals surface area contributed by atoms with Gasteiger partial charge in [-0.2, -0.15) is 0 Å². The maximum Gasteiger partial charge on any atom is 0.127 e. The number of nitrogens with zero attached hydrogens (tertiary/aromatic N) is 2. The van der Waals surface area contributed by atoms with Crippen molar-refractivity contribution < 1.29 is 0 Å². The average Bonchev–Trinajstić information content (AvgIpc) is 2.40. The van der Waals surface area contributed by atoms with Gasteiger partial charge in [0.05, 0.1) is 0 Å². The first-order valence-corrected chi connectivity index (χ1v) is 5.66. The second-order valence-electron chi connectivity index (χ2n) is 3.68. The summed E-state index contributed by atoms with van der Waals surface area (Å²) in [6, 6.07) is 9.91. The fourth-order valence-corrected chi connectivity index (χ4v) is 1.56. The summed E-state index contributed by atoms with van der Waals surface area (Å²) >= 11 is 0. The van der Waals surface area contributed by atoms with Crippen LogP contribution >= 0.6 is 0 Å². The van der Waals surface area contributed by atoms with Gasteiger partial charge < -0.3 is 10.6 Å². The number of aromatic nitrogens is 2. The van der Waals surface area contributed by atoms with Crippen LogP contribution in [0.3, 0.4) is 0 Å². The Balaban J connectivity index is 1.86. The molecule has 0 saturated heterocycles. The van der Waals surface area contributed by atoms with E-state index in [0.29, 0.717) is 0 Å². The minimum absolute atomic E-state index is 0.865. The molecule has 0 fully saturated rings. The van der Waals surface area contributed by atoms with E-state index in [2.05, 4.69) is 20.6 Å². The first-order chi connectivity index (χ1) is 8.38. The number of hydrogen-bond acceptors (Lipinski definition) is 4. The zero-order chi connectivity index (χ0) is 11.9. The predicted molar refractivity (Wildman–Crippen MR) is 70.2 cm³/mol. The molecule has 0 unspecified atom stereocenters. The van der Waals surface area contributed by atoms with Crippen molar-refractivity contribution in [1.29, 1.82) is 0 Å². The lowest BCUT2D eigenvalue weighted by Crippen LogP contribution is -2.06. The molecule has 0 radical (unpaired) electrons. The van der Waals surface area contributed by atoms with Crippen LogP contribution in [0.4, 0.5) is 11.5 Å². The highest BCUT2D eigenvalue weighted by atomic mass is 15.0. The molecule has 4 nitrogen and oxygen atoms in total. The van der Waals surface area contributed by atoms with Crippen molar-refractivity contribution in [1.82, 2.24) is 9.97 Å². The zero-order valence-corrected chi connectivity index (χ0v) is 9.85. The first-order valence-electron chi connectivity index (χ1n) is 5.66. The Labute approximate surface area is 101 Å². The third kappa shape index (κ3) is 3.45. The number of hydrogen-bond donors (Lipinski definition) is 2. The summed E-state index contributed by atoms with van der Waals surface area (Å²) in [4.78, 5) is 8.44. The smallest absolute Gasteiger partial charge is 0.127 e. The number of pyridine rings is 2. The van der Waals surface area contributed by atoms with Gasteiger partial charge >= 0.3 is 0 Å². The van der Waals surface area contributed by atoms with Crippen molar-refractivity contribution in [3.05, 3.63) is 48.4 Å². The van der Waals surface area contributed by atoms with Crippen LogP contribution < -0.4 is 10.6 Å². The molecule has 0 atom stereocenters. The summed E-state index contributed by atoms with van der Waals surface area (Å²) in [5.74, 6) is 0.868. The highest BCUT2D eigenvalue weighted by molar-refractivity contribution is 5.51. The molecule has 0 saturated carbocycles. The molecular formula is C13H16N4. The molecule has 2 heterocycles. The summed E-state index contributed by atoms with van der Waals surface area (Å²) in [5, 5.41) is 6.36. The minimum Gasteiger partial charge on any atom is -0.385 e.